The normalized spacial score (nSPS) is 10.5. The molecule has 88 valence electrons. The summed E-state index contributed by atoms with van der Waals surface area (Å²) in [5, 5.41) is 12.1. The van der Waals surface area contributed by atoms with E-state index >= 15 is 0 Å². The van der Waals surface area contributed by atoms with Gasteiger partial charge in [0.1, 0.15) is 5.82 Å². The van der Waals surface area contributed by atoms with Crippen LogP contribution in [0.4, 0.5) is 4.39 Å². The van der Waals surface area contributed by atoms with E-state index in [0.29, 0.717) is 23.3 Å². The summed E-state index contributed by atoms with van der Waals surface area (Å²) < 4.78 is 18.2. The average molecular weight is 235 g/mol. The van der Waals surface area contributed by atoms with Crippen LogP contribution < -0.4 is 0 Å². The Morgan fingerprint density at radius 2 is 2.24 bits per heavy atom. The van der Waals surface area contributed by atoms with Crippen molar-refractivity contribution >= 4 is 5.97 Å². The fraction of sp³-hybridized carbons (Fsp3) is 0.167. The second-order valence-corrected chi connectivity index (χ2v) is 3.54. The maximum atomic E-state index is 13.3. The van der Waals surface area contributed by atoms with Crippen molar-refractivity contribution in [2.75, 3.05) is 0 Å². The minimum absolute atomic E-state index is 0.164. The van der Waals surface area contributed by atoms with Gasteiger partial charge in [-0.1, -0.05) is 12.1 Å². The van der Waals surface area contributed by atoms with Crippen molar-refractivity contribution in [3.8, 4) is 11.3 Å². The Morgan fingerprint density at radius 1 is 1.47 bits per heavy atom. The van der Waals surface area contributed by atoms with Crippen molar-refractivity contribution in [3.63, 3.8) is 0 Å². The molecule has 0 fully saturated rings. The third kappa shape index (κ3) is 2.18. The maximum Gasteiger partial charge on any atom is 0.358 e. The lowest BCUT2D eigenvalue weighted by Crippen LogP contribution is -1.94. The molecule has 1 heterocycles. The summed E-state index contributed by atoms with van der Waals surface area (Å²) in [5.74, 6) is -1.12. The number of nitrogens with zero attached hydrogens (tertiary/aromatic N) is 1. The van der Waals surface area contributed by atoms with Crippen molar-refractivity contribution < 1.29 is 18.8 Å². The number of aromatic nitrogens is 1. The second kappa shape index (κ2) is 4.37. The lowest BCUT2D eigenvalue weighted by Gasteiger charge is -2.01. The van der Waals surface area contributed by atoms with E-state index in [2.05, 4.69) is 5.16 Å². The zero-order valence-electron chi connectivity index (χ0n) is 9.11. The van der Waals surface area contributed by atoms with Gasteiger partial charge in [-0.2, -0.15) is 0 Å². The van der Waals surface area contributed by atoms with E-state index in [0.717, 1.165) is 0 Å². The summed E-state index contributed by atoms with van der Waals surface area (Å²) in [4.78, 5) is 10.6. The number of rotatable bonds is 3. The molecule has 0 spiro atoms. The van der Waals surface area contributed by atoms with Crippen LogP contribution in [0, 0.1) is 5.82 Å². The van der Waals surface area contributed by atoms with Gasteiger partial charge in [0, 0.05) is 11.6 Å². The van der Waals surface area contributed by atoms with Crippen molar-refractivity contribution in [2.24, 2.45) is 0 Å². The Hall–Kier alpha value is -2.17. The van der Waals surface area contributed by atoms with Crippen molar-refractivity contribution in [2.45, 2.75) is 13.3 Å². The number of hydrogen-bond acceptors (Lipinski definition) is 3. The molecular formula is C12H10FNO3. The molecule has 0 aliphatic heterocycles. The zero-order chi connectivity index (χ0) is 12.4. The van der Waals surface area contributed by atoms with Gasteiger partial charge in [0.25, 0.3) is 0 Å². The molecule has 1 N–H and O–H groups in total. The van der Waals surface area contributed by atoms with Crippen LogP contribution in [0.25, 0.3) is 11.3 Å². The molecule has 1 aromatic heterocycles. The Bertz CT molecular complexity index is 563. The first-order valence-electron chi connectivity index (χ1n) is 5.10. The summed E-state index contributed by atoms with van der Waals surface area (Å²) in [6, 6.07) is 5.80. The number of halogens is 1. The summed E-state index contributed by atoms with van der Waals surface area (Å²) >= 11 is 0. The van der Waals surface area contributed by atoms with Crippen LogP contribution in [-0.2, 0) is 6.42 Å². The number of hydrogen-bond donors (Lipinski definition) is 1. The predicted molar refractivity (Wildman–Crippen MR) is 58.2 cm³/mol. The first-order valence-corrected chi connectivity index (χ1v) is 5.10. The third-order valence-electron chi connectivity index (χ3n) is 2.44. The van der Waals surface area contributed by atoms with Gasteiger partial charge in [0.2, 0.25) is 0 Å². The van der Waals surface area contributed by atoms with Crippen molar-refractivity contribution in [1.29, 1.82) is 0 Å². The topological polar surface area (TPSA) is 63.3 Å². The molecule has 0 radical (unpaired) electrons. The van der Waals surface area contributed by atoms with Crippen LogP contribution in [0.3, 0.4) is 0 Å². The first kappa shape index (κ1) is 11.3. The van der Waals surface area contributed by atoms with Crippen molar-refractivity contribution in [1.82, 2.24) is 5.16 Å². The molecule has 0 aliphatic rings. The number of carboxylic acids is 1. The van der Waals surface area contributed by atoms with E-state index in [1.165, 1.54) is 18.2 Å². The summed E-state index contributed by atoms with van der Waals surface area (Å²) in [6.07, 6.45) is 0.555. The Balaban J connectivity index is 2.42. The molecule has 0 unspecified atom stereocenters. The molecule has 0 amide bonds. The number of carbonyl (C=O) groups is 1. The minimum Gasteiger partial charge on any atom is -0.476 e. The van der Waals surface area contributed by atoms with Gasteiger partial charge in [-0.05, 0) is 30.2 Å². The van der Waals surface area contributed by atoms with E-state index in [4.69, 9.17) is 9.63 Å². The lowest BCUT2D eigenvalue weighted by molar-refractivity contribution is 0.0686. The molecule has 17 heavy (non-hydrogen) atoms. The molecule has 0 atom stereocenters. The molecule has 0 saturated carbocycles. The van der Waals surface area contributed by atoms with Gasteiger partial charge >= 0.3 is 5.97 Å². The van der Waals surface area contributed by atoms with E-state index in [-0.39, 0.29) is 11.5 Å². The van der Waals surface area contributed by atoms with Crippen LogP contribution in [0.5, 0.6) is 0 Å². The molecule has 2 rings (SSSR count). The highest BCUT2D eigenvalue weighted by atomic mass is 19.1. The molecular weight excluding hydrogens is 225 g/mol. The van der Waals surface area contributed by atoms with Crippen LogP contribution in [0.2, 0.25) is 0 Å². The predicted octanol–water partition coefficient (Wildman–Crippen LogP) is 2.74. The van der Waals surface area contributed by atoms with Crippen LogP contribution >= 0.6 is 0 Å². The first-order chi connectivity index (χ1) is 8.11. The average Bonchev–Trinajstić information content (AvgIpc) is 2.79. The summed E-state index contributed by atoms with van der Waals surface area (Å²) in [7, 11) is 0. The van der Waals surface area contributed by atoms with Gasteiger partial charge < -0.3 is 9.63 Å². The maximum absolute atomic E-state index is 13.3. The Labute approximate surface area is 96.7 Å². The zero-order valence-corrected chi connectivity index (χ0v) is 9.11. The van der Waals surface area contributed by atoms with Crippen molar-refractivity contribution in [3.05, 3.63) is 41.3 Å². The SMILES string of the molecule is CCc1cc(-c2cc(C(=O)O)no2)ccc1F. The number of benzene rings is 1. The van der Waals surface area contributed by atoms with Gasteiger partial charge in [-0.3, -0.25) is 0 Å². The number of aryl methyl sites for hydroxylation is 1. The van der Waals surface area contributed by atoms with Crippen LogP contribution in [0.1, 0.15) is 23.0 Å². The highest BCUT2D eigenvalue weighted by Crippen LogP contribution is 2.23. The smallest absolute Gasteiger partial charge is 0.358 e. The molecule has 0 bridgehead atoms. The van der Waals surface area contributed by atoms with Gasteiger partial charge in [0.15, 0.2) is 11.5 Å². The fourth-order valence-corrected chi connectivity index (χ4v) is 1.51. The van der Waals surface area contributed by atoms with E-state index in [1.54, 1.807) is 6.07 Å². The van der Waals surface area contributed by atoms with Crippen LogP contribution in [-0.4, -0.2) is 16.2 Å². The molecule has 4 nitrogen and oxygen atoms in total. The third-order valence-corrected chi connectivity index (χ3v) is 2.44. The van der Waals surface area contributed by atoms with Crippen LogP contribution in [0.15, 0.2) is 28.8 Å². The fourth-order valence-electron chi connectivity index (χ4n) is 1.51. The van der Waals surface area contributed by atoms with E-state index in [9.17, 15) is 9.18 Å². The largest absolute Gasteiger partial charge is 0.476 e. The van der Waals surface area contributed by atoms with E-state index < -0.39 is 5.97 Å². The quantitative estimate of drug-likeness (QED) is 0.888. The highest BCUT2D eigenvalue weighted by molar-refractivity contribution is 5.86. The summed E-state index contributed by atoms with van der Waals surface area (Å²) in [5.41, 5.74) is 1.00. The lowest BCUT2D eigenvalue weighted by atomic mass is 10.1. The molecule has 0 aliphatic carbocycles. The molecule has 0 saturated heterocycles. The molecule has 1 aromatic carbocycles. The summed E-state index contributed by atoms with van der Waals surface area (Å²) in [6.45, 7) is 1.84. The number of aromatic carboxylic acids is 1. The minimum atomic E-state index is -1.15. The second-order valence-electron chi connectivity index (χ2n) is 3.54. The Kier molecular flexibility index (Phi) is 2.91. The highest BCUT2D eigenvalue weighted by Gasteiger charge is 2.13. The van der Waals surface area contributed by atoms with Gasteiger partial charge in [-0.15, -0.1) is 0 Å². The monoisotopic (exact) mass is 235 g/mol. The molecule has 5 heteroatoms. The van der Waals surface area contributed by atoms with E-state index in [1.807, 2.05) is 6.92 Å². The Morgan fingerprint density at radius 3 is 2.82 bits per heavy atom. The number of carboxylic acid groups (broad SMARTS) is 1. The van der Waals surface area contributed by atoms with Gasteiger partial charge in [-0.25, -0.2) is 9.18 Å². The van der Waals surface area contributed by atoms with Gasteiger partial charge in [0.05, 0.1) is 0 Å². The standard InChI is InChI=1S/C12H10FNO3/c1-2-7-5-8(3-4-9(7)13)11-6-10(12(15)16)14-17-11/h3-6H,2H2,1H3,(H,15,16). The molecule has 2 aromatic rings.